The molecule has 0 radical (unpaired) electrons. The molecule has 1 atom stereocenters. The second kappa shape index (κ2) is 6.96. The van der Waals surface area contributed by atoms with E-state index in [9.17, 15) is 4.79 Å². The Bertz CT molecular complexity index is 656. The summed E-state index contributed by atoms with van der Waals surface area (Å²) in [4.78, 5) is 13.9. The molecular formula is C18H24N4O. The summed E-state index contributed by atoms with van der Waals surface area (Å²) in [5.74, 6) is -0.0468. The third kappa shape index (κ3) is 3.62. The molecule has 23 heavy (non-hydrogen) atoms. The Morgan fingerprint density at radius 1 is 1.22 bits per heavy atom. The van der Waals surface area contributed by atoms with Gasteiger partial charge in [0.05, 0.1) is 6.20 Å². The summed E-state index contributed by atoms with van der Waals surface area (Å²) in [6, 6.07) is 9.16. The predicted molar refractivity (Wildman–Crippen MR) is 91.0 cm³/mol. The highest BCUT2D eigenvalue weighted by molar-refractivity contribution is 5.75. The fraction of sp³-hybridized carbons (Fsp3) is 0.444. The average molecular weight is 312 g/mol. The van der Waals surface area contributed by atoms with Crippen molar-refractivity contribution in [1.82, 2.24) is 20.0 Å². The molecule has 1 saturated heterocycles. The van der Waals surface area contributed by atoms with Gasteiger partial charge in [-0.05, 0) is 44.0 Å². The lowest BCUT2D eigenvalue weighted by molar-refractivity contribution is -0.121. The van der Waals surface area contributed by atoms with E-state index >= 15 is 0 Å². The number of rotatable bonds is 5. The molecule has 1 aromatic carbocycles. The van der Waals surface area contributed by atoms with Crippen LogP contribution < -0.4 is 5.32 Å². The van der Waals surface area contributed by atoms with Gasteiger partial charge in [0.2, 0.25) is 5.91 Å². The minimum Gasteiger partial charge on any atom is -0.358 e. The molecular weight excluding hydrogens is 288 g/mol. The number of hydrogen-bond acceptors (Lipinski definition) is 3. The number of likely N-dealkylation sites (tertiary alicyclic amines) is 1. The average Bonchev–Trinajstić information content (AvgIpc) is 3.26. The Labute approximate surface area is 137 Å². The Morgan fingerprint density at radius 3 is 2.57 bits per heavy atom. The van der Waals surface area contributed by atoms with Crippen molar-refractivity contribution >= 4 is 5.91 Å². The smallest absolute Gasteiger partial charge is 0.241 e. The molecule has 0 spiro atoms. The van der Waals surface area contributed by atoms with Crippen molar-refractivity contribution in [2.24, 2.45) is 0 Å². The minimum absolute atomic E-state index is 0.0468. The van der Waals surface area contributed by atoms with Crippen LogP contribution in [0.25, 0.3) is 11.1 Å². The maximum absolute atomic E-state index is 11.4. The lowest BCUT2D eigenvalue weighted by Gasteiger charge is -2.24. The van der Waals surface area contributed by atoms with Crippen LogP contribution in [0, 0.1) is 0 Å². The van der Waals surface area contributed by atoms with Gasteiger partial charge in [0, 0.05) is 24.8 Å². The van der Waals surface area contributed by atoms with Gasteiger partial charge in [0.25, 0.3) is 0 Å². The van der Waals surface area contributed by atoms with E-state index in [1.54, 1.807) is 11.7 Å². The van der Waals surface area contributed by atoms with Crippen molar-refractivity contribution in [3.05, 3.63) is 42.2 Å². The fourth-order valence-corrected chi connectivity index (χ4v) is 3.12. The summed E-state index contributed by atoms with van der Waals surface area (Å²) in [7, 11) is 1.63. The van der Waals surface area contributed by atoms with Crippen molar-refractivity contribution in [2.75, 3.05) is 20.1 Å². The summed E-state index contributed by atoms with van der Waals surface area (Å²) in [6.45, 7) is 4.94. The zero-order chi connectivity index (χ0) is 16.2. The van der Waals surface area contributed by atoms with E-state index < -0.39 is 0 Å². The van der Waals surface area contributed by atoms with E-state index in [0.717, 1.165) is 11.1 Å². The minimum atomic E-state index is -0.0468. The van der Waals surface area contributed by atoms with E-state index in [1.807, 2.05) is 12.4 Å². The molecule has 0 saturated carbocycles. The predicted octanol–water partition coefficient (Wildman–Crippen LogP) is 2.45. The molecule has 0 bridgehead atoms. The maximum Gasteiger partial charge on any atom is 0.241 e. The van der Waals surface area contributed by atoms with E-state index in [2.05, 4.69) is 46.5 Å². The molecule has 2 heterocycles. The lowest BCUT2D eigenvalue weighted by Crippen LogP contribution is -2.23. The number of carbonyl (C=O) groups is 1. The number of nitrogens with one attached hydrogen (secondary N) is 1. The van der Waals surface area contributed by atoms with Gasteiger partial charge in [-0.1, -0.05) is 24.3 Å². The van der Waals surface area contributed by atoms with Gasteiger partial charge in [-0.15, -0.1) is 0 Å². The first kappa shape index (κ1) is 15.7. The zero-order valence-corrected chi connectivity index (χ0v) is 13.8. The van der Waals surface area contributed by atoms with Crippen LogP contribution in [0.15, 0.2) is 36.7 Å². The Balaban J connectivity index is 1.70. The van der Waals surface area contributed by atoms with Crippen molar-refractivity contribution < 1.29 is 4.79 Å². The molecule has 5 heteroatoms. The first-order valence-corrected chi connectivity index (χ1v) is 8.25. The van der Waals surface area contributed by atoms with Crippen LogP contribution in [-0.2, 0) is 11.3 Å². The molecule has 1 aliphatic heterocycles. The number of likely N-dealkylation sites (N-methyl/N-ethyl adjacent to an activating group) is 1. The third-order valence-electron chi connectivity index (χ3n) is 4.63. The van der Waals surface area contributed by atoms with E-state index in [0.29, 0.717) is 6.04 Å². The number of amides is 1. The molecule has 1 aromatic heterocycles. The van der Waals surface area contributed by atoms with Gasteiger partial charge in [0.15, 0.2) is 0 Å². The Morgan fingerprint density at radius 2 is 1.91 bits per heavy atom. The summed E-state index contributed by atoms with van der Waals surface area (Å²) in [5.41, 5.74) is 3.52. The number of nitrogens with zero attached hydrogens (tertiary/aromatic N) is 3. The molecule has 0 unspecified atom stereocenters. The summed E-state index contributed by atoms with van der Waals surface area (Å²) in [5, 5.41) is 6.85. The molecule has 1 fully saturated rings. The van der Waals surface area contributed by atoms with Gasteiger partial charge < -0.3 is 5.32 Å². The van der Waals surface area contributed by atoms with Gasteiger partial charge in [0.1, 0.15) is 6.54 Å². The molecule has 0 aliphatic carbocycles. The van der Waals surface area contributed by atoms with E-state index in [-0.39, 0.29) is 12.5 Å². The number of benzene rings is 1. The highest BCUT2D eigenvalue weighted by Gasteiger charge is 2.19. The monoisotopic (exact) mass is 312 g/mol. The maximum atomic E-state index is 11.4. The Hall–Kier alpha value is -2.14. The first-order chi connectivity index (χ1) is 11.2. The molecule has 3 rings (SSSR count). The summed E-state index contributed by atoms with van der Waals surface area (Å²) < 4.78 is 1.66. The molecule has 5 nitrogen and oxygen atoms in total. The fourth-order valence-electron chi connectivity index (χ4n) is 3.12. The van der Waals surface area contributed by atoms with Crippen LogP contribution in [0.2, 0.25) is 0 Å². The Kier molecular flexibility index (Phi) is 4.76. The molecule has 1 amide bonds. The van der Waals surface area contributed by atoms with E-state index in [4.69, 9.17) is 0 Å². The second-order valence-electron chi connectivity index (χ2n) is 6.14. The van der Waals surface area contributed by atoms with Crippen molar-refractivity contribution in [2.45, 2.75) is 32.4 Å². The SMILES string of the molecule is CNC(=O)Cn1cc(-c2ccc([C@@H](C)N3CCCC3)cc2)cn1. The first-order valence-electron chi connectivity index (χ1n) is 8.25. The lowest BCUT2D eigenvalue weighted by atomic mass is 10.0. The normalized spacial score (nSPS) is 16.4. The zero-order valence-electron chi connectivity index (χ0n) is 13.8. The standard InChI is InChI=1S/C18H24N4O/c1-14(21-9-3-4-10-21)15-5-7-16(8-6-15)17-11-20-22(12-17)13-18(23)19-2/h5-8,11-12,14H,3-4,9-10,13H2,1-2H3,(H,19,23)/t14-/m1/s1. The molecule has 1 N–H and O–H groups in total. The van der Waals surface area contributed by atoms with E-state index in [1.165, 1.54) is 31.5 Å². The quantitative estimate of drug-likeness (QED) is 0.922. The number of carbonyl (C=O) groups excluding carboxylic acids is 1. The highest BCUT2D eigenvalue weighted by Crippen LogP contribution is 2.27. The van der Waals surface area contributed by atoms with Crippen molar-refractivity contribution in [3.63, 3.8) is 0 Å². The van der Waals surface area contributed by atoms with Gasteiger partial charge >= 0.3 is 0 Å². The summed E-state index contributed by atoms with van der Waals surface area (Å²) >= 11 is 0. The van der Waals surface area contributed by atoms with Crippen LogP contribution in [-0.4, -0.2) is 40.7 Å². The van der Waals surface area contributed by atoms with Crippen LogP contribution in [0.1, 0.15) is 31.4 Å². The van der Waals surface area contributed by atoms with Gasteiger partial charge in [-0.25, -0.2) is 0 Å². The molecule has 122 valence electrons. The van der Waals surface area contributed by atoms with Crippen LogP contribution in [0.3, 0.4) is 0 Å². The van der Waals surface area contributed by atoms with Crippen LogP contribution >= 0.6 is 0 Å². The van der Waals surface area contributed by atoms with Crippen LogP contribution in [0.5, 0.6) is 0 Å². The van der Waals surface area contributed by atoms with Crippen molar-refractivity contribution in [3.8, 4) is 11.1 Å². The van der Waals surface area contributed by atoms with Gasteiger partial charge in [-0.2, -0.15) is 5.10 Å². The van der Waals surface area contributed by atoms with Crippen molar-refractivity contribution in [1.29, 1.82) is 0 Å². The second-order valence-corrected chi connectivity index (χ2v) is 6.14. The highest BCUT2D eigenvalue weighted by atomic mass is 16.1. The topological polar surface area (TPSA) is 50.2 Å². The van der Waals surface area contributed by atoms with Gasteiger partial charge in [-0.3, -0.25) is 14.4 Å². The molecule has 1 aliphatic rings. The van der Waals surface area contributed by atoms with Crippen LogP contribution in [0.4, 0.5) is 0 Å². The largest absolute Gasteiger partial charge is 0.358 e. The number of hydrogen-bond donors (Lipinski definition) is 1. The summed E-state index contributed by atoms with van der Waals surface area (Å²) in [6.07, 6.45) is 6.34. The molecule has 2 aromatic rings. The third-order valence-corrected chi connectivity index (χ3v) is 4.63. The number of aromatic nitrogens is 2.